The molecule has 0 amide bonds. The maximum absolute atomic E-state index is 9.23. The van der Waals surface area contributed by atoms with Crippen LogP contribution in [0, 0.1) is 0 Å². The topological polar surface area (TPSA) is 47.9 Å². The van der Waals surface area contributed by atoms with Crippen molar-refractivity contribution in [1.82, 2.24) is 0 Å². The van der Waals surface area contributed by atoms with Gasteiger partial charge in [0.1, 0.15) is 5.75 Å². The summed E-state index contributed by atoms with van der Waals surface area (Å²) in [6, 6.07) is 1.58. The maximum Gasteiger partial charge on any atom is 0.170 e. The van der Waals surface area contributed by atoms with Gasteiger partial charge in [-0.3, -0.25) is 0 Å². The molecule has 0 atom stereocenters. The van der Waals surface area contributed by atoms with Crippen LogP contribution in [-0.4, -0.2) is 26.4 Å². The van der Waals surface area contributed by atoms with Crippen LogP contribution in [0.4, 0.5) is 0 Å². The van der Waals surface area contributed by atoms with Crippen molar-refractivity contribution >= 4 is 11.6 Å². The number of hydrogen-bond donors (Lipinski definition) is 1. The first-order valence-electron chi connectivity index (χ1n) is 4.27. The van der Waals surface area contributed by atoms with Gasteiger partial charge in [0.05, 0.1) is 38.5 Å². The lowest BCUT2D eigenvalue weighted by atomic mass is 10.1. The van der Waals surface area contributed by atoms with Crippen LogP contribution >= 0.6 is 11.6 Å². The molecule has 0 saturated carbocycles. The summed E-state index contributed by atoms with van der Waals surface area (Å²) in [5.41, 5.74) is 0.476. The summed E-state index contributed by atoms with van der Waals surface area (Å²) in [6.45, 7) is -0.233. The SMILES string of the molecule is COc1cc(Cl)c(OC)c(CO)c1OC. The Kier molecular flexibility index (Phi) is 4.05. The smallest absolute Gasteiger partial charge is 0.170 e. The predicted molar refractivity (Wildman–Crippen MR) is 57.0 cm³/mol. The molecule has 0 unspecified atom stereocenters. The molecule has 0 bridgehead atoms. The lowest BCUT2D eigenvalue weighted by Gasteiger charge is -2.15. The molecular weight excluding hydrogens is 220 g/mol. The molecule has 1 aromatic rings. The molecule has 0 radical (unpaired) electrons. The summed E-state index contributed by atoms with van der Waals surface area (Å²) >= 11 is 5.95. The van der Waals surface area contributed by atoms with E-state index in [0.717, 1.165) is 0 Å². The standard InChI is InChI=1S/C10H13ClO4/c1-13-8-4-7(11)9(14-2)6(5-12)10(8)15-3/h4,12H,5H2,1-3H3. The van der Waals surface area contributed by atoms with Crippen LogP contribution in [-0.2, 0) is 6.61 Å². The molecule has 0 saturated heterocycles. The zero-order valence-corrected chi connectivity index (χ0v) is 9.59. The van der Waals surface area contributed by atoms with E-state index in [1.807, 2.05) is 0 Å². The number of aliphatic hydroxyl groups is 1. The molecule has 0 aliphatic rings. The third-order valence-corrected chi connectivity index (χ3v) is 2.31. The van der Waals surface area contributed by atoms with E-state index in [1.165, 1.54) is 21.3 Å². The number of aliphatic hydroxyl groups excluding tert-OH is 1. The lowest BCUT2D eigenvalue weighted by Crippen LogP contribution is -2.00. The fourth-order valence-electron chi connectivity index (χ4n) is 1.38. The molecule has 0 fully saturated rings. The van der Waals surface area contributed by atoms with Crippen molar-refractivity contribution in [1.29, 1.82) is 0 Å². The lowest BCUT2D eigenvalue weighted by molar-refractivity contribution is 0.261. The highest BCUT2D eigenvalue weighted by Gasteiger charge is 2.18. The molecule has 0 aliphatic heterocycles. The van der Waals surface area contributed by atoms with E-state index in [9.17, 15) is 5.11 Å². The van der Waals surface area contributed by atoms with Crippen LogP contribution in [0.5, 0.6) is 17.2 Å². The molecule has 1 N–H and O–H groups in total. The maximum atomic E-state index is 9.23. The average Bonchev–Trinajstić information content (AvgIpc) is 2.27. The monoisotopic (exact) mass is 232 g/mol. The number of benzene rings is 1. The molecule has 84 valence electrons. The molecular formula is C10H13ClO4. The van der Waals surface area contributed by atoms with Gasteiger partial charge in [0.15, 0.2) is 11.5 Å². The highest BCUT2D eigenvalue weighted by atomic mass is 35.5. The molecule has 1 aromatic carbocycles. The Morgan fingerprint density at radius 1 is 1.13 bits per heavy atom. The number of ether oxygens (including phenoxy) is 3. The summed E-state index contributed by atoms with van der Waals surface area (Å²) in [5.74, 6) is 1.30. The average molecular weight is 233 g/mol. The predicted octanol–water partition coefficient (Wildman–Crippen LogP) is 1.86. The van der Waals surface area contributed by atoms with Gasteiger partial charge < -0.3 is 19.3 Å². The van der Waals surface area contributed by atoms with Crippen LogP contribution in [0.2, 0.25) is 5.02 Å². The zero-order chi connectivity index (χ0) is 11.4. The van der Waals surface area contributed by atoms with E-state index >= 15 is 0 Å². The molecule has 0 spiro atoms. The minimum absolute atomic E-state index is 0.233. The Bertz CT molecular complexity index is 352. The van der Waals surface area contributed by atoms with Gasteiger partial charge in [-0.1, -0.05) is 11.6 Å². The van der Waals surface area contributed by atoms with E-state index < -0.39 is 0 Å². The third kappa shape index (κ3) is 2.11. The van der Waals surface area contributed by atoms with Crippen molar-refractivity contribution < 1.29 is 19.3 Å². The minimum atomic E-state index is -0.233. The van der Waals surface area contributed by atoms with E-state index in [2.05, 4.69) is 0 Å². The van der Waals surface area contributed by atoms with E-state index in [4.69, 9.17) is 25.8 Å². The third-order valence-electron chi connectivity index (χ3n) is 2.03. The first-order chi connectivity index (χ1) is 7.19. The largest absolute Gasteiger partial charge is 0.495 e. The van der Waals surface area contributed by atoms with Gasteiger partial charge in [0, 0.05) is 6.07 Å². The Morgan fingerprint density at radius 2 is 1.73 bits per heavy atom. The zero-order valence-electron chi connectivity index (χ0n) is 8.83. The van der Waals surface area contributed by atoms with Crippen molar-refractivity contribution in [2.45, 2.75) is 6.61 Å². The highest BCUT2D eigenvalue weighted by molar-refractivity contribution is 6.32. The molecule has 5 heteroatoms. The molecule has 0 heterocycles. The summed E-state index contributed by atoms with van der Waals surface area (Å²) in [4.78, 5) is 0. The first kappa shape index (κ1) is 11.9. The second-order valence-corrected chi connectivity index (χ2v) is 3.17. The van der Waals surface area contributed by atoms with Gasteiger partial charge in [-0.05, 0) is 0 Å². The molecule has 0 aliphatic carbocycles. The van der Waals surface area contributed by atoms with Crippen molar-refractivity contribution in [2.24, 2.45) is 0 Å². The van der Waals surface area contributed by atoms with Gasteiger partial charge in [0.2, 0.25) is 0 Å². The van der Waals surface area contributed by atoms with Crippen molar-refractivity contribution in [3.05, 3.63) is 16.7 Å². The van der Waals surface area contributed by atoms with Gasteiger partial charge in [-0.25, -0.2) is 0 Å². The van der Waals surface area contributed by atoms with Crippen LogP contribution in [0.1, 0.15) is 5.56 Å². The number of rotatable bonds is 4. The normalized spacial score (nSPS) is 9.93. The second kappa shape index (κ2) is 5.09. The van der Waals surface area contributed by atoms with Crippen molar-refractivity contribution in [2.75, 3.05) is 21.3 Å². The van der Waals surface area contributed by atoms with Gasteiger partial charge in [-0.2, -0.15) is 0 Å². The van der Waals surface area contributed by atoms with Crippen LogP contribution in [0.3, 0.4) is 0 Å². The van der Waals surface area contributed by atoms with E-state index in [1.54, 1.807) is 6.07 Å². The highest BCUT2D eigenvalue weighted by Crippen LogP contribution is 2.42. The quantitative estimate of drug-likeness (QED) is 0.861. The summed E-state index contributed by atoms with van der Waals surface area (Å²) in [6.07, 6.45) is 0. The summed E-state index contributed by atoms with van der Waals surface area (Å²) in [5, 5.41) is 9.61. The van der Waals surface area contributed by atoms with Crippen LogP contribution in [0.15, 0.2) is 6.07 Å². The first-order valence-corrected chi connectivity index (χ1v) is 4.65. The molecule has 1 rings (SSSR count). The van der Waals surface area contributed by atoms with E-state index in [0.29, 0.717) is 27.8 Å². The molecule has 15 heavy (non-hydrogen) atoms. The fourth-order valence-corrected chi connectivity index (χ4v) is 1.67. The van der Waals surface area contributed by atoms with E-state index in [-0.39, 0.29) is 6.61 Å². The Balaban J connectivity index is 3.44. The molecule has 4 nitrogen and oxygen atoms in total. The van der Waals surface area contributed by atoms with Crippen LogP contribution < -0.4 is 14.2 Å². The van der Waals surface area contributed by atoms with Gasteiger partial charge in [-0.15, -0.1) is 0 Å². The number of halogens is 1. The molecule has 0 aromatic heterocycles. The summed E-state index contributed by atoms with van der Waals surface area (Å²) in [7, 11) is 4.47. The van der Waals surface area contributed by atoms with Gasteiger partial charge >= 0.3 is 0 Å². The number of hydrogen-bond acceptors (Lipinski definition) is 4. The van der Waals surface area contributed by atoms with Gasteiger partial charge in [0.25, 0.3) is 0 Å². The second-order valence-electron chi connectivity index (χ2n) is 2.76. The van der Waals surface area contributed by atoms with Crippen molar-refractivity contribution in [3.63, 3.8) is 0 Å². The fraction of sp³-hybridized carbons (Fsp3) is 0.400. The Morgan fingerprint density at radius 3 is 2.13 bits per heavy atom. The minimum Gasteiger partial charge on any atom is -0.495 e. The van der Waals surface area contributed by atoms with Crippen molar-refractivity contribution in [3.8, 4) is 17.2 Å². The Hall–Kier alpha value is -1.13. The Labute approximate surface area is 93.3 Å². The summed E-state index contributed by atoms with van der Waals surface area (Å²) < 4.78 is 15.3. The van der Waals surface area contributed by atoms with Crippen LogP contribution in [0.25, 0.3) is 0 Å². The number of methoxy groups -OCH3 is 3.